The number of methoxy groups -OCH3 is 1. The molecule has 102 valence electrons. The topological polar surface area (TPSA) is 43.4 Å². The van der Waals surface area contributed by atoms with Gasteiger partial charge in [0.1, 0.15) is 12.2 Å². The maximum absolute atomic E-state index is 12.1. The van der Waals surface area contributed by atoms with Crippen LogP contribution in [-0.4, -0.2) is 19.4 Å². The van der Waals surface area contributed by atoms with E-state index in [1.165, 1.54) is 7.11 Å². The summed E-state index contributed by atoms with van der Waals surface area (Å²) in [5.41, 5.74) is 1.73. The lowest BCUT2D eigenvalue weighted by Gasteiger charge is -2.17. The highest BCUT2D eigenvalue weighted by Gasteiger charge is 2.26. The van der Waals surface area contributed by atoms with Gasteiger partial charge in [-0.05, 0) is 29.3 Å². The van der Waals surface area contributed by atoms with Gasteiger partial charge in [0.2, 0.25) is 0 Å². The molecule has 0 saturated carbocycles. The van der Waals surface area contributed by atoms with Crippen molar-refractivity contribution in [3.63, 3.8) is 0 Å². The minimum atomic E-state index is -0.667. The molecular weight excluding hydrogens is 276 g/mol. The van der Waals surface area contributed by atoms with E-state index >= 15 is 0 Å². The first-order chi connectivity index (χ1) is 9.67. The van der Waals surface area contributed by atoms with Crippen LogP contribution in [0.2, 0.25) is 5.02 Å². The van der Waals surface area contributed by atoms with Crippen molar-refractivity contribution in [3.8, 4) is 0 Å². The largest absolute Gasteiger partial charge is 0.468 e. The number of carbonyl (C=O) groups excluding carboxylic acids is 2. The Morgan fingerprint density at radius 2 is 1.90 bits per heavy atom. The lowest BCUT2D eigenvalue weighted by atomic mass is 9.88. The number of hydrogen-bond acceptors (Lipinski definition) is 3. The number of aldehydes is 1. The molecule has 1 atom stereocenters. The van der Waals surface area contributed by atoms with E-state index in [-0.39, 0.29) is 0 Å². The first kappa shape index (κ1) is 14.3. The molecule has 0 radical (unpaired) electrons. The third-order valence-corrected chi connectivity index (χ3v) is 3.29. The van der Waals surface area contributed by atoms with Crippen molar-refractivity contribution < 1.29 is 14.3 Å². The highest BCUT2D eigenvalue weighted by molar-refractivity contribution is 6.30. The van der Waals surface area contributed by atoms with Crippen LogP contribution in [0.5, 0.6) is 0 Å². The Hall–Kier alpha value is -2.13. The van der Waals surface area contributed by atoms with Gasteiger partial charge in [0.05, 0.1) is 7.11 Å². The van der Waals surface area contributed by atoms with Crippen molar-refractivity contribution in [1.82, 2.24) is 0 Å². The molecule has 2 rings (SSSR count). The highest BCUT2D eigenvalue weighted by Crippen LogP contribution is 2.30. The molecule has 0 aliphatic heterocycles. The number of esters is 1. The number of ether oxygens (including phenoxy) is 1. The molecule has 0 fully saturated rings. The Balaban J connectivity index is 2.61. The zero-order valence-corrected chi connectivity index (χ0v) is 11.6. The normalized spacial score (nSPS) is 11.7. The lowest BCUT2D eigenvalue weighted by molar-refractivity contribution is -0.141. The van der Waals surface area contributed by atoms with E-state index in [0.29, 0.717) is 22.4 Å². The number of carbonyl (C=O) groups is 2. The van der Waals surface area contributed by atoms with Crippen LogP contribution in [0.15, 0.2) is 48.5 Å². The van der Waals surface area contributed by atoms with Gasteiger partial charge >= 0.3 is 5.97 Å². The van der Waals surface area contributed by atoms with Gasteiger partial charge in [-0.15, -0.1) is 0 Å². The second-order valence-electron chi connectivity index (χ2n) is 4.26. The maximum Gasteiger partial charge on any atom is 0.317 e. The smallest absolute Gasteiger partial charge is 0.317 e. The van der Waals surface area contributed by atoms with Gasteiger partial charge in [-0.25, -0.2) is 0 Å². The van der Waals surface area contributed by atoms with Gasteiger partial charge in [0, 0.05) is 10.6 Å². The third kappa shape index (κ3) is 2.89. The zero-order valence-electron chi connectivity index (χ0n) is 10.9. The minimum Gasteiger partial charge on any atom is -0.468 e. The van der Waals surface area contributed by atoms with Crippen LogP contribution in [0.3, 0.4) is 0 Å². The first-order valence-corrected chi connectivity index (χ1v) is 6.42. The van der Waals surface area contributed by atoms with Gasteiger partial charge in [-0.3, -0.25) is 9.59 Å². The fourth-order valence-electron chi connectivity index (χ4n) is 2.11. The van der Waals surface area contributed by atoms with Crippen LogP contribution in [0, 0.1) is 0 Å². The second kappa shape index (κ2) is 6.35. The number of hydrogen-bond donors (Lipinski definition) is 0. The van der Waals surface area contributed by atoms with Crippen molar-refractivity contribution in [2.24, 2.45) is 0 Å². The summed E-state index contributed by atoms with van der Waals surface area (Å²) in [4.78, 5) is 23.3. The molecule has 20 heavy (non-hydrogen) atoms. The molecular formula is C16H13ClO3. The standard InChI is InChI=1S/C16H13ClO3/c1-20-16(19)15(11-5-3-2-4-6-11)14-9-13(17)8-7-12(14)10-18/h2-10,15H,1H3. The van der Waals surface area contributed by atoms with Crippen molar-refractivity contribution in [3.05, 3.63) is 70.2 Å². The monoisotopic (exact) mass is 288 g/mol. The Morgan fingerprint density at radius 3 is 2.50 bits per heavy atom. The molecule has 0 aliphatic rings. The van der Waals surface area contributed by atoms with Crippen LogP contribution in [-0.2, 0) is 9.53 Å². The van der Waals surface area contributed by atoms with Gasteiger partial charge in [-0.2, -0.15) is 0 Å². The molecule has 0 bridgehead atoms. The van der Waals surface area contributed by atoms with Crippen LogP contribution in [0.1, 0.15) is 27.4 Å². The van der Waals surface area contributed by atoms with Gasteiger partial charge in [0.25, 0.3) is 0 Å². The van der Waals surface area contributed by atoms with Crippen molar-refractivity contribution in [2.45, 2.75) is 5.92 Å². The summed E-state index contributed by atoms with van der Waals surface area (Å²) in [6.45, 7) is 0. The van der Waals surface area contributed by atoms with Crippen LogP contribution >= 0.6 is 11.6 Å². The molecule has 3 nitrogen and oxygen atoms in total. The summed E-state index contributed by atoms with van der Waals surface area (Å²) >= 11 is 5.99. The van der Waals surface area contributed by atoms with Crippen LogP contribution in [0.25, 0.3) is 0 Å². The molecule has 0 heterocycles. The van der Waals surface area contributed by atoms with Gasteiger partial charge in [0.15, 0.2) is 0 Å². The Kier molecular flexibility index (Phi) is 4.53. The van der Waals surface area contributed by atoms with E-state index in [4.69, 9.17) is 16.3 Å². The maximum atomic E-state index is 12.1. The lowest BCUT2D eigenvalue weighted by Crippen LogP contribution is -2.17. The number of halogens is 1. The second-order valence-corrected chi connectivity index (χ2v) is 4.69. The molecule has 0 aliphatic carbocycles. The molecule has 0 amide bonds. The molecule has 0 saturated heterocycles. The summed E-state index contributed by atoms with van der Waals surface area (Å²) in [5, 5.41) is 0.468. The van der Waals surface area contributed by atoms with E-state index in [2.05, 4.69) is 0 Å². The SMILES string of the molecule is COC(=O)C(c1ccccc1)c1cc(Cl)ccc1C=O. The average Bonchev–Trinajstić information content (AvgIpc) is 2.48. The quantitative estimate of drug-likeness (QED) is 0.639. The molecule has 4 heteroatoms. The van der Waals surface area contributed by atoms with E-state index < -0.39 is 11.9 Å². The average molecular weight is 289 g/mol. The van der Waals surface area contributed by atoms with Crippen LogP contribution in [0.4, 0.5) is 0 Å². The summed E-state index contributed by atoms with van der Waals surface area (Å²) in [7, 11) is 1.32. The van der Waals surface area contributed by atoms with Gasteiger partial charge in [-0.1, -0.05) is 41.9 Å². The van der Waals surface area contributed by atoms with E-state index in [0.717, 1.165) is 5.56 Å². The zero-order chi connectivity index (χ0) is 14.5. The van der Waals surface area contributed by atoms with Crippen molar-refractivity contribution >= 4 is 23.9 Å². The molecule has 0 N–H and O–H groups in total. The van der Waals surface area contributed by atoms with Gasteiger partial charge < -0.3 is 4.74 Å². The van der Waals surface area contributed by atoms with Crippen molar-refractivity contribution in [1.29, 1.82) is 0 Å². The summed E-state index contributed by atoms with van der Waals surface area (Å²) in [6.07, 6.45) is 0.713. The molecule has 2 aromatic rings. The fourth-order valence-corrected chi connectivity index (χ4v) is 2.29. The minimum absolute atomic E-state index is 0.425. The van der Waals surface area contributed by atoms with E-state index in [9.17, 15) is 9.59 Å². The highest BCUT2D eigenvalue weighted by atomic mass is 35.5. The fraction of sp³-hybridized carbons (Fsp3) is 0.125. The molecule has 2 aromatic carbocycles. The summed E-state index contributed by atoms with van der Waals surface area (Å²) < 4.78 is 4.86. The predicted octanol–water partition coefficient (Wildman–Crippen LogP) is 3.46. The molecule has 1 unspecified atom stereocenters. The number of rotatable bonds is 4. The molecule has 0 aromatic heterocycles. The third-order valence-electron chi connectivity index (χ3n) is 3.06. The predicted molar refractivity (Wildman–Crippen MR) is 77.1 cm³/mol. The Labute approximate surface area is 122 Å². The molecule has 0 spiro atoms. The van der Waals surface area contributed by atoms with E-state index in [1.807, 2.05) is 30.3 Å². The summed E-state index contributed by atoms with van der Waals surface area (Å²) in [6, 6.07) is 14.0. The van der Waals surface area contributed by atoms with Crippen molar-refractivity contribution in [2.75, 3.05) is 7.11 Å². The van der Waals surface area contributed by atoms with Crippen LogP contribution < -0.4 is 0 Å². The summed E-state index contributed by atoms with van der Waals surface area (Å²) in [5.74, 6) is -1.10. The number of benzene rings is 2. The Bertz CT molecular complexity index is 623. The Morgan fingerprint density at radius 1 is 1.20 bits per heavy atom. The van der Waals surface area contributed by atoms with E-state index in [1.54, 1.807) is 18.2 Å². The first-order valence-electron chi connectivity index (χ1n) is 6.04.